The Bertz CT molecular complexity index is 1500. The monoisotopic (exact) mass is 616 g/mol. The minimum atomic E-state index is -4.65. The number of hydrogen-bond acceptors (Lipinski definition) is 9. The van der Waals surface area contributed by atoms with Gasteiger partial charge >= 0.3 is 6.18 Å². The Balaban J connectivity index is 1.19. The fourth-order valence-corrected chi connectivity index (χ4v) is 8.46. The highest BCUT2D eigenvalue weighted by Gasteiger charge is 2.38. The number of nitrogens with zero attached hydrogens (tertiary/aromatic N) is 4. The summed E-state index contributed by atoms with van der Waals surface area (Å²) in [4.78, 5) is 27.4. The van der Waals surface area contributed by atoms with Gasteiger partial charge in [0.2, 0.25) is 5.95 Å². The molecule has 0 saturated carbocycles. The van der Waals surface area contributed by atoms with Gasteiger partial charge < -0.3 is 25.2 Å². The number of carbonyl (C=O) groups is 1. The van der Waals surface area contributed by atoms with Crippen molar-refractivity contribution in [2.75, 3.05) is 48.8 Å². The standard InChI is InChI=1S/C29H31F3N6O2S2/c1-2-16-9-19(37-12-17-3-4-18(13-37)34-17)5-6-22(16)35-28-33-11-21(29(30,31)32)25(36-28)23-10-24-26(42-23)27(39)38(7-8-41-24)20-14-40-15-20/h5-6,9-11,17-18,20,34H,2-4,7-8,12-15H2,1H3,(H,33,35,36). The number of piperazine rings is 1. The molecule has 2 unspecified atom stereocenters. The summed E-state index contributed by atoms with van der Waals surface area (Å²) in [6, 6.07) is 8.86. The van der Waals surface area contributed by atoms with Crippen LogP contribution >= 0.6 is 23.1 Å². The van der Waals surface area contributed by atoms with Gasteiger partial charge in [-0.3, -0.25) is 4.79 Å². The summed E-state index contributed by atoms with van der Waals surface area (Å²) in [5.41, 5.74) is 1.79. The highest BCUT2D eigenvalue weighted by molar-refractivity contribution is 7.99. The van der Waals surface area contributed by atoms with E-state index < -0.39 is 11.7 Å². The molecular formula is C29H31F3N6O2S2. The number of aryl methyl sites for hydroxylation is 1. The van der Waals surface area contributed by atoms with Crippen LogP contribution in [0.3, 0.4) is 0 Å². The number of alkyl halides is 3. The van der Waals surface area contributed by atoms with E-state index in [1.807, 2.05) is 6.07 Å². The van der Waals surface area contributed by atoms with Crippen LogP contribution in [0.2, 0.25) is 0 Å². The van der Waals surface area contributed by atoms with E-state index in [0.717, 1.165) is 54.0 Å². The smallest absolute Gasteiger partial charge is 0.377 e. The zero-order chi connectivity index (χ0) is 29.0. The molecule has 2 bridgehead atoms. The number of aromatic nitrogens is 2. The molecule has 8 nitrogen and oxygen atoms in total. The number of thioether (sulfide) groups is 1. The third kappa shape index (κ3) is 5.24. The lowest BCUT2D eigenvalue weighted by Gasteiger charge is -2.36. The molecule has 2 aromatic heterocycles. The first kappa shape index (κ1) is 27.9. The number of rotatable bonds is 6. The third-order valence-electron chi connectivity index (χ3n) is 8.43. The van der Waals surface area contributed by atoms with E-state index >= 15 is 0 Å². The second kappa shape index (κ2) is 11.0. The molecule has 3 aromatic rings. The molecule has 2 atom stereocenters. The number of amides is 1. The molecule has 222 valence electrons. The van der Waals surface area contributed by atoms with E-state index in [9.17, 15) is 18.0 Å². The van der Waals surface area contributed by atoms with Crippen LogP contribution in [0.15, 0.2) is 35.4 Å². The van der Waals surface area contributed by atoms with Crippen molar-refractivity contribution in [2.45, 2.75) is 55.4 Å². The van der Waals surface area contributed by atoms with Gasteiger partial charge in [0, 0.05) is 59.9 Å². The number of fused-ring (bicyclic) bond motifs is 3. The normalized spacial score (nSPS) is 22.6. The number of ether oxygens (including phenoxy) is 1. The summed E-state index contributed by atoms with van der Waals surface area (Å²) in [5, 5.41) is 6.83. The van der Waals surface area contributed by atoms with Gasteiger partial charge in [-0.05, 0) is 49.1 Å². The van der Waals surface area contributed by atoms with Crippen LogP contribution in [0.1, 0.15) is 40.6 Å². The maximum Gasteiger partial charge on any atom is 0.420 e. The second-order valence-corrected chi connectivity index (χ2v) is 13.3. The zero-order valence-corrected chi connectivity index (χ0v) is 24.7. The lowest BCUT2D eigenvalue weighted by Crippen LogP contribution is -2.52. The van der Waals surface area contributed by atoms with Crippen molar-refractivity contribution in [3.05, 3.63) is 46.5 Å². The summed E-state index contributed by atoms with van der Waals surface area (Å²) in [6.07, 6.45) is -0.687. The summed E-state index contributed by atoms with van der Waals surface area (Å²) in [6.45, 7) is 5.54. The average Bonchev–Trinajstić information content (AvgIpc) is 3.48. The minimum Gasteiger partial charge on any atom is -0.377 e. The molecule has 1 aromatic carbocycles. The third-order valence-corrected chi connectivity index (χ3v) is 10.7. The number of thiophene rings is 1. The van der Waals surface area contributed by atoms with E-state index in [4.69, 9.17) is 4.74 Å². The van der Waals surface area contributed by atoms with Crippen molar-refractivity contribution in [1.29, 1.82) is 0 Å². The molecule has 2 N–H and O–H groups in total. The first-order valence-electron chi connectivity index (χ1n) is 14.3. The van der Waals surface area contributed by atoms with Gasteiger partial charge in [0.05, 0.1) is 29.8 Å². The maximum atomic E-state index is 14.1. The van der Waals surface area contributed by atoms with Gasteiger partial charge in [-0.25, -0.2) is 9.97 Å². The van der Waals surface area contributed by atoms with Gasteiger partial charge in [0.25, 0.3) is 5.91 Å². The van der Waals surface area contributed by atoms with Crippen LogP contribution in [-0.4, -0.2) is 77.5 Å². The van der Waals surface area contributed by atoms with E-state index in [1.165, 1.54) is 24.6 Å². The summed E-state index contributed by atoms with van der Waals surface area (Å²) in [5.74, 6) is 0.585. The van der Waals surface area contributed by atoms with Gasteiger partial charge in [0.15, 0.2) is 0 Å². The van der Waals surface area contributed by atoms with Gasteiger partial charge in [-0.2, -0.15) is 13.2 Å². The average molecular weight is 617 g/mol. The Kier molecular flexibility index (Phi) is 7.32. The summed E-state index contributed by atoms with van der Waals surface area (Å²) >= 11 is 2.55. The Morgan fingerprint density at radius 3 is 2.64 bits per heavy atom. The van der Waals surface area contributed by atoms with Crippen molar-refractivity contribution in [1.82, 2.24) is 20.2 Å². The SMILES string of the molecule is CCc1cc(N2CC3CCC(C2)N3)ccc1Nc1ncc(C(F)(F)F)c(-c2cc3c(s2)C(=O)N(C2COC2)CCS3)n1. The van der Waals surface area contributed by atoms with Crippen molar-refractivity contribution in [3.63, 3.8) is 0 Å². The minimum absolute atomic E-state index is 0.0102. The Morgan fingerprint density at radius 1 is 1.17 bits per heavy atom. The Morgan fingerprint density at radius 2 is 1.95 bits per heavy atom. The van der Waals surface area contributed by atoms with E-state index in [2.05, 4.69) is 44.6 Å². The van der Waals surface area contributed by atoms with Crippen molar-refractivity contribution in [3.8, 4) is 10.6 Å². The van der Waals surface area contributed by atoms with Gasteiger partial charge in [0.1, 0.15) is 10.4 Å². The van der Waals surface area contributed by atoms with Crippen LogP contribution in [-0.2, 0) is 17.3 Å². The zero-order valence-electron chi connectivity index (χ0n) is 23.0. The maximum absolute atomic E-state index is 14.1. The van der Waals surface area contributed by atoms with Crippen molar-refractivity contribution < 1.29 is 22.7 Å². The first-order chi connectivity index (χ1) is 20.3. The fourth-order valence-electron chi connectivity index (χ4n) is 6.14. The quantitative estimate of drug-likeness (QED) is 0.380. The molecule has 4 aliphatic rings. The van der Waals surface area contributed by atoms with Crippen LogP contribution in [0, 0.1) is 0 Å². The Labute approximate surface area is 250 Å². The molecule has 7 rings (SSSR count). The Hall–Kier alpha value is -2.87. The van der Waals surface area contributed by atoms with E-state index in [1.54, 1.807) is 11.0 Å². The molecule has 3 fully saturated rings. The highest BCUT2D eigenvalue weighted by atomic mass is 32.2. The fraction of sp³-hybridized carbons (Fsp3) is 0.483. The molecule has 0 spiro atoms. The van der Waals surface area contributed by atoms with Crippen molar-refractivity contribution >= 4 is 46.3 Å². The van der Waals surface area contributed by atoms with E-state index in [0.29, 0.717) is 52.2 Å². The number of halogens is 3. The van der Waals surface area contributed by atoms with E-state index in [-0.39, 0.29) is 23.6 Å². The molecular weight excluding hydrogens is 585 g/mol. The molecule has 0 radical (unpaired) electrons. The van der Waals surface area contributed by atoms with Crippen LogP contribution in [0.4, 0.5) is 30.5 Å². The first-order valence-corrected chi connectivity index (χ1v) is 16.1. The second-order valence-electron chi connectivity index (χ2n) is 11.2. The van der Waals surface area contributed by atoms with Crippen LogP contribution in [0.5, 0.6) is 0 Å². The largest absolute Gasteiger partial charge is 0.420 e. The van der Waals surface area contributed by atoms with Gasteiger partial charge in [-0.1, -0.05) is 6.92 Å². The van der Waals surface area contributed by atoms with Crippen molar-refractivity contribution in [2.24, 2.45) is 0 Å². The number of benzene rings is 1. The summed E-state index contributed by atoms with van der Waals surface area (Å²) < 4.78 is 47.7. The topological polar surface area (TPSA) is 82.6 Å². The number of carbonyl (C=O) groups excluding carboxylic acids is 1. The molecule has 6 heterocycles. The lowest BCUT2D eigenvalue weighted by molar-refractivity contribution is -0.137. The summed E-state index contributed by atoms with van der Waals surface area (Å²) in [7, 11) is 0. The number of anilines is 3. The van der Waals surface area contributed by atoms with Crippen LogP contribution < -0.4 is 15.5 Å². The highest BCUT2D eigenvalue weighted by Crippen LogP contribution is 2.44. The molecule has 3 saturated heterocycles. The number of hydrogen-bond donors (Lipinski definition) is 2. The lowest BCUT2D eigenvalue weighted by atomic mass is 10.1. The predicted molar refractivity (Wildman–Crippen MR) is 158 cm³/mol. The molecule has 42 heavy (non-hydrogen) atoms. The predicted octanol–water partition coefficient (Wildman–Crippen LogP) is 5.42. The number of nitrogens with one attached hydrogen (secondary N) is 2. The molecule has 13 heteroatoms. The van der Waals surface area contributed by atoms with Gasteiger partial charge in [-0.15, -0.1) is 23.1 Å². The van der Waals surface area contributed by atoms with Crippen LogP contribution in [0.25, 0.3) is 10.6 Å². The molecule has 0 aliphatic carbocycles. The molecule has 4 aliphatic heterocycles. The molecule has 1 amide bonds.